The Morgan fingerprint density at radius 1 is 0.958 bits per heavy atom. The van der Waals surface area contributed by atoms with E-state index in [2.05, 4.69) is 10.6 Å². The topological polar surface area (TPSA) is 59.6 Å². The quantitative estimate of drug-likeness (QED) is 0.695. The van der Waals surface area contributed by atoms with Gasteiger partial charge in [0.15, 0.2) is 11.5 Å². The number of rotatable bonds is 9. The summed E-state index contributed by atoms with van der Waals surface area (Å²) in [5.74, 6) is 1.46. The van der Waals surface area contributed by atoms with Crippen LogP contribution >= 0.6 is 0 Å². The van der Waals surface area contributed by atoms with Crippen molar-refractivity contribution in [3.8, 4) is 11.5 Å². The van der Waals surface area contributed by atoms with Gasteiger partial charge in [-0.1, -0.05) is 42.5 Å². The van der Waals surface area contributed by atoms with Gasteiger partial charge in [0, 0.05) is 31.6 Å². The average molecular weight is 328 g/mol. The van der Waals surface area contributed by atoms with Gasteiger partial charge in [-0.15, -0.1) is 0 Å². The van der Waals surface area contributed by atoms with Crippen LogP contribution in [0.5, 0.6) is 11.5 Å². The fraction of sp³-hybridized carbons (Fsp3) is 0.316. The maximum atomic E-state index is 11.9. The Bertz CT molecular complexity index is 644. The summed E-state index contributed by atoms with van der Waals surface area (Å²) in [6.07, 6.45) is 0.430. The van der Waals surface area contributed by atoms with Gasteiger partial charge in [0.1, 0.15) is 0 Å². The Morgan fingerprint density at radius 3 is 2.46 bits per heavy atom. The molecule has 2 N–H and O–H groups in total. The standard InChI is InChI=1S/C19H24N2O3/c1-23-17-10-6-9-16(19(17)24-2)14-20-12-11-18(22)21-13-15-7-4-3-5-8-15/h3-10,20H,11-14H2,1-2H3,(H,21,22). The first-order chi connectivity index (χ1) is 11.7. The van der Waals surface area contributed by atoms with Crippen molar-refractivity contribution in [3.63, 3.8) is 0 Å². The average Bonchev–Trinajstić information content (AvgIpc) is 2.64. The first-order valence-electron chi connectivity index (χ1n) is 7.95. The lowest BCUT2D eigenvalue weighted by Gasteiger charge is -2.13. The van der Waals surface area contributed by atoms with Crippen molar-refractivity contribution < 1.29 is 14.3 Å². The molecule has 0 atom stereocenters. The van der Waals surface area contributed by atoms with E-state index in [9.17, 15) is 4.79 Å². The Labute approximate surface area is 143 Å². The summed E-state index contributed by atoms with van der Waals surface area (Å²) in [5.41, 5.74) is 2.10. The van der Waals surface area contributed by atoms with Gasteiger partial charge in [-0.05, 0) is 11.6 Å². The molecule has 24 heavy (non-hydrogen) atoms. The van der Waals surface area contributed by atoms with Gasteiger partial charge in [-0.3, -0.25) is 4.79 Å². The number of carbonyl (C=O) groups is 1. The van der Waals surface area contributed by atoms with Crippen LogP contribution in [0.15, 0.2) is 48.5 Å². The molecular weight excluding hydrogens is 304 g/mol. The van der Waals surface area contributed by atoms with Crippen LogP contribution in [-0.4, -0.2) is 26.7 Å². The zero-order valence-electron chi connectivity index (χ0n) is 14.2. The number of nitrogens with one attached hydrogen (secondary N) is 2. The molecule has 0 aliphatic carbocycles. The maximum absolute atomic E-state index is 11.9. The number of benzene rings is 2. The van der Waals surface area contributed by atoms with Crippen LogP contribution in [0.25, 0.3) is 0 Å². The Morgan fingerprint density at radius 2 is 1.75 bits per heavy atom. The zero-order valence-corrected chi connectivity index (χ0v) is 14.2. The molecular formula is C19H24N2O3. The van der Waals surface area contributed by atoms with Crippen molar-refractivity contribution in [2.75, 3.05) is 20.8 Å². The third-order valence-electron chi connectivity index (χ3n) is 3.66. The molecule has 0 unspecified atom stereocenters. The molecule has 0 saturated heterocycles. The highest BCUT2D eigenvalue weighted by Gasteiger charge is 2.09. The molecule has 0 aliphatic heterocycles. The highest BCUT2D eigenvalue weighted by atomic mass is 16.5. The van der Waals surface area contributed by atoms with Crippen molar-refractivity contribution in [2.45, 2.75) is 19.5 Å². The molecule has 2 rings (SSSR count). The van der Waals surface area contributed by atoms with E-state index in [1.807, 2.05) is 48.5 Å². The summed E-state index contributed by atoms with van der Waals surface area (Å²) >= 11 is 0. The second-order valence-corrected chi connectivity index (χ2v) is 5.34. The highest BCUT2D eigenvalue weighted by Crippen LogP contribution is 2.30. The van der Waals surface area contributed by atoms with E-state index in [0.717, 1.165) is 16.9 Å². The van der Waals surface area contributed by atoms with Gasteiger partial charge in [-0.2, -0.15) is 0 Å². The summed E-state index contributed by atoms with van der Waals surface area (Å²) in [5, 5.41) is 6.18. The van der Waals surface area contributed by atoms with Crippen molar-refractivity contribution >= 4 is 5.91 Å². The predicted octanol–water partition coefficient (Wildman–Crippen LogP) is 2.50. The van der Waals surface area contributed by atoms with Crippen LogP contribution in [0.2, 0.25) is 0 Å². The van der Waals surface area contributed by atoms with Crippen LogP contribution in [0.1, 0.15) is 17.5 Å². The smallest absolute Gasteiger partial charge is 0.221 e. The molecule has 1 amide bonds. The molecule has 2 aromatic carbocycles. The lowest BCUT2D eigenvalue weighted by molar-refractivity contribution is -0.121. The van der Waals surface area contributed by atoms with Crippen LogP contribution in [0.3, 0.4) is 0 Å². The van der Waals surface area contributed by atoms with Crippen molar-refractivity contribution in [1.29, 1.82) is 0 Å². The second-order valence-electron chi connectivity index (χ2n) is 5.34. The SMILES string of the molecule is COc1cccc(CNCCC(=O)NCc2ccccc2)c1OC. The molecule has 0 fully saturated rings. The third kappa shape index (κ3) is 5.28. The van der Waals surface area contributed by atoms with Crippen LogP contribution in [0, 0.1) is 0 Å². The number of methoxy groups -OCH3 is 2. The summed E-state index contributed by atoms with van der Waals surface area (Å²) in [4.78, 5) is 11.9. The first kappa shape index (κ1) is 17.8. The van der Waals surface area contributed by atoms with E-state index < -0.39 is 0 Å². The fourth-order valence-corrected chi connectivity index (χ4v) is 2.40. The van der Waals surface area contributed by atoms with Crippen LogP contribution < -0.4 is 20.1 Å². The molecule has 0 aromatic heterocycles. The van der Waals surface area contributed by atoms with E-state index in [-0.39, 0.29) is 5.91 Å². The molecule has 5 nitrogen and oxygen atoms in total. The normalized spacial score (nSPS) is 10.2. The number of ether oxygens (including phenoxy) is 2. The van der Waals surface area contributed by atoms with Gasteiger partial charge in [0.05, 0.1) is 14.2 Å². The van der Waals surface area contributed by atoms with Gasteiger partial charge in [0.2, 0.25) is 5.91 Å². The van der Waals surface area contributed by atoms with Crippen LogP contribution in [0.4, 0.5) is 0 Å². The Kier molecular flexibility index (Phi) is 7.11. The van der Waals surface area contributed by atoms with E-state index in [1.165, 1.54) is 0 Å². The number of hydrogen-bond donors (Lipinski definition) is 2. The molecule has 5 heteroatoms. The largest absolute Gasteiger partial charge is 0.493 e. The summed E-state index contributed by atoms with van der Waals surface area (Å²) in [6.45, 7) is 1.77. The molecule has 0 heterocycles. The lowest BCUT2D eigenvalue weighted by atomic mass is 10.2. The minimum absolute atomic E-state index is 0.0314. The number of amides is 1. The number of hydrogen-bond acceptors (Lipinski definition) is 4. The van der Waals surface area contributed by atoms with Gasteiger partial charge in [-0.25, -0.2) is 0 Å². The fourth-order valence-electron chi connectivity index (χ4n) is 2.40. The van der Waals surface area contributed by atoms with Crippen LogP contribution in [-0.2, 0) is 17.9 Å². The van der Waals surface area contributed by atoms with E-state index >= 15 is 0 Å². The third-order valence-corrected chi connectivity index (χ3v) is 3.66. The van der Waals surface area contributed by atoms with E-state index in [4.69, 9.17) is 9.47 Å². The molecule has 2 aromatic rings. The maximum Gasteiger partial charge on any atom is 0.221 e. The minimum atomic E-state index is 0.0314. The van der Waals surface area contributed by atoms with E-state index in [1.54, 1.807) is 14.2 Å². The highest BCUT2D eigenvalue weighted by molar-refractivity contribution is 5.76. The molecule has 0 saturated carbocycles. The van der Waals surface area contributed by atoms with Crippen molar-refractivity contribution in [1.82, 2.24) is 10.6 Å². The van der Waals surface area contributed by atoms with E-state index in [0.29, 0.717) is 31.8 Å². The summed E-state index contributed by atoms with van der Waals surface area (Å²) < 4.78 is 10.7. The second kappa shape index (κ2) is 9.57. The molecule has 0 radical (unpaired) electrons. The summed E-state index contributed by atoms with van der Waals surface area (Å²) in [6, 6.07) is 15.6. The minimum Gasteiger partial charge on any atom is -0.493 e. The Balaban J connectivity index is 1.72. The van der Waals surface area contributed by atoms with Crippen molar-refractivity contribution in [3.05, 3.63) is 59.7 Å². The number of para-hydroxylation sites is 1. The molecule has 128 valence electrons. The van der Waals surface area contributed by atoms with Crippen molar-refractivity contribution in [2.24, 2.45) is 0 Å². The monoisotopic (exact) mass is 328 g/mol. The zero-order chi connectivity index (χ0) is 17.2. The lowest BCUT2D eigenvalue weighted by Crippen LogP contribution is -2.27. The molecule has 0 aliphatic rings. The van der Waals surface area contributed by atoms with Gasteiger partial charge < -0.3 is 20.1 Å². The summed E-state index contributed by atoms with van der Waals surface area (Å²) in [7, 11) is 3.24. The number of carbonyl (C=O) groups excluding carboxylic acids is 1. The van der Waals surface area contributed by atoms with Gasteiger partial charge >= 0.3 is 0 Å². The molecule has 0 spiro atoms. The van der Waals surface area contributed by atoms with Gasteiger partial charge in [0.25, 0.3) is 0 Å². The predicted molar refractivity (Wildman–Crippen MR) is 94.2 cm³/mol. The molecule has 0 bridgehead atoms. The first-order valence-corrected chi connectivity index (χ1v) is 7.95. The Hall–Kier alpha value is -2.53.